The Morgan fingerprint density at radius 3 is 2.71 bits per heavy atom. The zero-order valence-electron chi connectivity index (χ0n) is 16.3. The average molecular weight is 379 g/mol. The molecule has 3 heterocycles. The second-order valence-electron chi connectivity index (χ2n) is 7.09. The maximum atomic E-state index is 5.18. The molecule has 0 unspecified atom stereocenters. The van der Waals surface area contributed by atoms with Gasteiger partial charge < -0.3 is 19.9 Å². The standard InChI is InChI=1S/C21H27N6O/c1-28-15-14-27-12-10-26(11-13-27)9-7-17-4-2-3-5-19(17)25-21-18-6-8-22-20(18)23-16-24-21/h2-5,8,16H,7,9-15H2,1H3,(H2,22,23,24,25). The normalized spacial score (nSPS) is 15.9. The molecule has 0 spiro atoms. The Labute approximate surface area is 165 Å². The van der Waals surface area contributed by atoms with Gasteiger partial charge in [0, 0.05) is 64.3 Å². The lowest BCUT2D eigenvalue weighted by atomic mass is 10.1. The Balaban J connectivity index is 1.37. The number of hydrogen-bond donors (Lipinski definition) is 2. The van der Waals surface area contributed by atoms with Crippen molar-refractivity contribution in [1.29, 1.82) is 0 Å². The fraction of sp³-hybridized carbons (Fsp3) is 0.429. The number of fused-ring (bicyclic) bond motifs is 1. The zero-order valence-corrected chi connectivity index (χ0v) is 16.3. The summed E-state index contributed by atoms with van der Waals surface area (Å²) in [6.45, 7) is 7.37. The number of rotatable bonds is 8. The van der Waals surface area contributed by atoms with Gasteiger partial charge in [0.05, 0.1) is 12.0 Å². The number of aromatic amines is 1. The van der Waals surface area contributed by atoms with E-state index >= 15 is 0 Å². The Bertz CT molecular complexity index is 887. The van der Waals surface area contributed by atoms with Crippen LogP contribution in [0.25, 0.3) is 11.0 Å². The summed E-state index contributed by atoms with van der Waals surface area (Å²) < 4.78 is 5.18. The van der Waals surface area contributed by atoms with Crippen LogP contribution in [0.1, 0.15) is 5.56 Å². The summed E-state index contributed by atoms with van der Waals surface area (Å²) in [7, 11) is 1.77. The number of methoxy groups -OCH3 is 1. The molecule has 7 heteroatoms. The second kappa shape index (κ2) is 9.14. The van der Waals surface area contributed by atoms with Crippen molar-refractivity contribution in [2.24, 2.45) is 0 Å². The second-order valence-corrected chi connectivity index (χ2v) is 7.09. The van der Waals surface area contributed by atoms with Gasteiger partial charge in [-0.2, -0.15) is 0 Å². The third kappa shape index (κ3) is 4.49. The first-order valence-electron chi connectivity index (χ1n) is 9.82. The van der Waals surface area contributed by atoms with Gasteiger partial charge in [0.2, 0.25) is 0 Å². The van der Waals surface area contributed by atoms with Crippen LogP contribution in [0, 0.1) is 6.07 Å². The number of nitrogens with zero attached hydrogens (tertiary/aromatic N) is 4. The van der Waals surface area contributed by atoms with E-state index in [0.717, 1.165) is 74.8 Å². The van der Waals surface area contributed by atoms with Crippen molar-refractivity contribution in [1.82, 2.24) is 24.8 Å². The topological polar surface area (TPSA) is 69.3 Å². The number of piperazine rings is 1. The van der Waals surface area contributed by atoms with Gasteiger partial charge in [-0.05, 0) is 18.1 Å². The molecule has 1 aliphatic heterocycles. The number of hydrogen-bond acceptors (Lipinski definition) is 6. The zero-order chi connectivity index (χ0) is 19.2. The van der Waals surface area contributed by atoms with Crippen LogP contribution >= 0.6 is 0 Å². The first-order valence-corrected chi connectivity index (χ1v) is 9.82. The summed E-state index contributed by atoms with van der Waals surface area (Å²) >= 11 is 0. The van der Waals surface area contributed by atoms with Gasteiger partial charge in [0.25, 0.3) is 0 Å². The SMILES string of the molecule is COCCN1CCN(CCc2ccccc2Nc2ncnc3[nH]c[c]c23)CC1. The fourth-order valence-corrected chi connectivity index (χ4v) is 3.63. The fourth-order valence-electron chi connectivity index (χ4n) is 3.63. The largest absolute Gasteiger partial charge is 0.383 e. The Kier molecular flexibility index (Phi) is 6.16. The quantitative estimate of drug-likeness (QED) is 0.626. The minimum absolute atomic E-state index is 0.783. The molecular formula is C21H27N6O. The van der Waals surface area contributed by atoms with Crippen molar-refractivity contribution in [2.75, 3.05) is 58.3 Å². The molecule has 0 atom stereocenters. The number of nitrogens with one attached hydrogen (secondary N) is 2. The monoisotopic (exact) mass is 379 g/mol. The highest BCUT2D eigenvalue weighted by Gasteiger charge is 2.16. The van der Waals surface area contributed by atoms with Crippen molar-refractivity contribution in [3.05, 3.63) is 48.4 Å². The number of ether oxygens (including phenoxy) is 1. The van der Waals surface area contributed by atoms with E-state index in [2.05, 4.69) is 60.4 Å². The van der Waals surface area contributed by atoms with E-state index in [0.29, 0.717) is 0 Å². The summed E-state index contributed by atoms with van der Waals surface area (Å²) in [6, 6.07) is 11.6. The molecule has 1 aliphatic rings. The molecule has 1 aromatic carbocycles. The number of para-hydroxylation sites is 1. The van der Waals surface area contributed by atoms with E-state index in [1.165, 1.54) is 5.56 Å². The van der Waals surface area contributed by atoms with Crippen LogP contribution in [0.2, 0.25) is 0 Å². The highest BCUT2D eigenvalue weighted by Crippen LogP contribution is 2.24. The van der Waals surface area contributed by atoms with Crippen LogP contribution in [0.5, 0.6) is 0 Å². The maximum absolute atomic E-state index is 5.18. The summed E-state index contributed by atoms with van der Waals surface area (Å²) in [5.41, 5.74) is 3.18. The molecule has 1 radical (unpaired) electrons. The van der Waals surface area contributed by atoms with E-state index in [-0.39, 0.29) is 0 Å². The molecule has 0 aliphatic carbocycles. The molecule has 1 saturated heterocycles. The van der Waals surface area contributed by atoms with Crippen molar-refractivity contribution < 1.29 is 4.74 Å². The number of benzene rings is 1. The molecule has 147 valence electrons. The van der Waals surface area contributed by atoms with Crippen LogP contribution in [-0.4, -0.2) is 77.7 Å². The Hall–Kier alpha value is -2.48. The molecule has 4 rings (SSSR count). The van der Waals surface area contributed by atoms with E-state index in [4.69, 9.17) is 4.74 Å². The predicted molar refractivity (Wildman–Crippen MR) is 111 cm³/mol. The van der Waals surface area contributed by atoms with Crippen LogP contribution in [0.4, 0.5) is 11.5 Å². The third-order valence-electron chi connectivity index (χ3n) is 5.32. The van der Waals surface area contributed by atoms with Gasteiger partial charge in [-0.15, -0.1) is 0 Å². The van der Waals surface area contributed by atoms with Crippen LogP contribution in [0.15, 0.2) is 36.8 Å². The lowest BCUT2D eigenvalue weighted by Crippen LogP contribution is -2.47. The van der Waals surface area contributed by atoms with Crippen LogP contribution < -0.4 is 5.32 Å². The highest BCUT2D eigenvalue weighted by molar-refractivity contribution is 5.88. The average Bonchev–Trinajstić information content (AvgIpc) is 3.22. The molecule has 2 aromatic heterocycles. The molecule has 0 amide bonds. The van der Waals surface area contributed by atoms with E-state index < -0.39 is 0 Å². The predicted octanol–water partition coefficient (Wildman–Crippen LogP) is 2.31. The molecular weight excluding hydrogens is 352 g/mol. The van der Waals surface area contributed by atoms with Gasteiger partial charge in [-0.25, -0.2) is 9.97 Å². The van der Waals surface area contributed by atoms with Gasteiger partial charge in [0.15, 0.2) is 0 Å². The van der Waals surface area contributed by atoms with E-state index in [1.54, 1.807) is 19.6 Å². The van der Waals surface area contributed by atoms with Crippen molar-refractivity contribution in [3.8, 4) is 0 Å². The lowest BCUT2D eigenvalue weighted by molar-refractivity contribution is 0.0976. The molecule has 0 bridgehead atoms. The van der Waals surface area contributed by atoms with Gasteiger partial charge >= 0.3 is 0 Å². The van der Waals surface area contributed by atoms with Crippen molar-refractivity contribution >= 4 is 22.5 Å². The van der Waals surface area contributed by atoms with Crippen LogP contribution in [0.3, 0.4) is 0 Å². The lowest BCUT2D eigenvalue weighted by Gasteiger charge is -2.34. The molecule has 7 nitrogen and oxygen atoms in total. The number of aromatic nitrogens is 3. The highest BCUT2D eigenvalue weighted by atomic mass is 16.5. The van der Waals surface area contributed by atoms with Gasteiger partial charge in [0.1, 0.15) is 17.8 Å². The number of anilines is 2. The smallest absolute Gasteiger partial charge is 0.143 e. The minimum atomic E-state index is 0.783. The minimum Gasteiger partial charge on any atom is -0.383 e. The summed E-state index contributed by atoms with van der Waals surface area (Å²) in [5, 5.41) is 4.36. The summed E-state index contributed by atoms with van der Waals surface area (Å²) in [4.78, 5) is 16.7. The van der Waals surface area contributed by atoms with Crippen molar-refractivity contribution in [3.63, 3.8) is 0 Å². The van der Waals surface area contributed by atoms with Crippen molar-refractivity contribution in [2.45, 2.75) is 6.42 Å². The number of H-pyrrole nitrogens is 1. The van der Waals surface area contributed by atoms with Gasteiger partial charge in [-0.3, -0.25) is 4.90 Å². The Morgan fingerprint density at radius 2 is 1.89 bits per heavy atom. The Morgan fingerprint density at radius 1 is 1.11 bits per heavy atom. The third-order valence-corrected chi connectivity index (χ3v) is 5.32. The van der Waals surface area contributed by atoms with E-state index in [9.17, 15) is 0 Å². The van der Waals surface area contributed by atoms with Gasteiger partial charge in [-0.1, -0.05) is 18.2 Å². The molecule has 28 heavy (non-hydrogen) atoms. The molecule has 2 N–H and O–H groups in total. The summed E-state index contributed by atoms with van der Waals surface area (Å²) in [5.74, 6) is 0.783. The molecule has 3 aromatic rings. The molecule has 1 fully saturated rings. The first kappa shape index (κ1) is 18.9. The van der Waals surface area contributed by atoms with Crippen LogP contribution in [-0.2, 0) is 11.2 Å². The molecule has 0 saturated carbocycles. The van der Waals surface area contributed by atoms with E-state index in [1.807, 2.05) is 0 Å². The maximum Gasteiger partial charge on any atom is 0.143 e. The first-order chi connectivity index (χ1) is 13.8. The summed E-state index contributed by atoms with van der Waals surface area (Å²) in [6.07, 6.45) is 4.34.